The van der Waals surface area contributed by atoms with E-state index in [4.69, 9.17) is 11.6 Å². The maximum atomic E-state index is 13.2. The van der Waals surface area contributed by atoms with Gasteiger partial charge in [0.15, 0.2) is 4.80 Å². The summed E-state index contributed by atoms with van der Waals surface area (Å²) in [6, 6.07) is 9.74. The van der Waals surface area contributed by atoms with Gasteiger partial charge in [-0.15, -0.1) is 11.3 Å². The number of carbonyl (C=O) groups is 1. The minimum Gasteiger partial charge on any atom is -0.319 e. The van der Waals surface area contributed by atoms with E-state index in [9.17, 15) is 19.3 Å². The van der Waals surface area contributed by atoms with Crippen LogP contribution in [0, 0.1) is 15.9 Å². The Morgan fingerprint density at radius 1 is 1.29 bits per heavy atom. The molecule has 9 heteroatoms. The zero-order valence-electron chi connectivity index (χ0n) is 15.0. The van der Waals surface area contributed by atoms with Crippen molar-refractivity contribution in [3.63, 3.8) is 0 Å². The summed E-state index contributed by atoms with van der Waals surface area (Å²) in [5.41, 5.74) is 1.56. The van der Waals surface area contributed by atoms with Gasteiger partial charge in [0.1, 0.15) is 5.82 Å². The zero-order valence-corrected chi connectivity index (χ0v) is 16.6. The van der Waals surface area contributed by atoms with Crippen LogP contribution in [0.5, 0.6) is 0 Å². The van der Waals surface area contributed by atoms with Crippen LogP contribution >= 0.6 is 22.9 Å². The Bertz CT molecular complexity index is 1140. The first-order valence-corrected chi connectivity index (χ1v) is 9.49. The number of hydrogen-bond acceptors (Lipinski definition) is 4. The normalized spacial score (nSPS) is 11.6. The average Bonchev–Trinajstić information content (AvgIpc) is 2.97. The minimum absolute atomic E-state index is 0.0309. The summed E-state index contributed by atoms with van der Waals surface area (Å²) in [6.45, 7) is 1.98. The molecule has 0 spiro atoms. The van der Waals surface area contributed by atoms with Gasteiger partial charge < -0.3 is 4.57 Å². The van der Waals surface area contributed by atoms with E-state index in [-0.39, 0.29) is 22.1 Å². The van der Waals surface area contributed by atoms with Crippen LogP contribution in [0.25, 0.3) is 11.3 Å². The van der Waals surface area contributed by atoms with Crippen molar-refractivity contribution in [1.82, 2.24) is 4.57 Å². The first-order chi connectivity index (χ1) is 13.3. The molecule has 0 aliphatic heterocycles. The number of nitro benzene ring substituents is 1. The van der Waals surface area contributed by atoms with E-state index in [1.807, 2.05) is 6.92 Å². The molecule has 0 N–H and O–H groups in total. The van der Waals surface area contributed by atoms with Crippen molar-refractivity contribution in [1.29, 1.82) is 0 Å². The Labute approximate surface area is 168 Å². The molecule has 3 rings (SSSR count). The van der Waals surface area contributed by atoms with Crippen molar-refractivity contribution >= 4 is 34.5 Å². The highest BCUT2D eigenvalue weighted by atomic mass is 35.5. The molecule has 0 aliphatic rings. The third-order valence-corrected chi connectivity index (χ3v) is 5.72. The van der Waals surface area contributed by atoms with Crippen LogP contribution in [0.15, 0.2) is 47.5 Å². The molecule has 0 bridgehead atoms. The summed E-state index contributed by atoms with van der Waals surface area (Å²) >= 11 is 7.38. The van der Waals surface area contributed by atoms with Crippen molar-refractivity contribution in [2.75, 3.05) is 0 Å². The van der Waals surface area contributed by atoms with E-state index in [0.29, 0.717) is 11.2 Å². The molecule has 144 valence electrons. The first kappa shape index (κ1) is 19.9. The highest BCUT2D eigenvalue weighted by molar-refractivity contribution is 7.09. The second-order valence-corrected chi connectivity index (χ2v) is 7.38. The number of halogens is 2. The highest BCUT2D eigenvalue weighted by Crippen LogP contribution is 2.27. The summed E-state index contributed by atoms with van der Waals surface area (Å²) in [7, 11) is 1.78. The van der Waals surface area contributed by atoms with Crippen LogP contribution in [0.3, 0.4) is 0 Å². The number of nitrogens with zero attached hydrogens (tertiary/aromatic N) is 3. The molecular formula is C19H15ClFN3O3S. The predicted molar refractivity (Wildman–Crippen MR) is 106 cm³/mol. The number of hydrogen-bond donors (Lipinski definition) is 0. The Kier molecular flexibility index (Phi) is 5.71. The fourth-order valence-corrected chi connectivity index (χ4v) is 4.08. The number of aromatic nitrogens is 1. The van der Waals surface area contributed by atoms with Gasteiger partial charge in [0, 0.05) is 24.1 Å². The first-order valence-electron chi connectivity index (χ1n) is 8.29. The van der Waals surface area contributed by atoms with E-state index in [1.54, 1.807) is 23.7 Å². The summed E-state index contributed by atoms with van der Waals surface area (Å²) < 4.78 is 15.0. The van der Waals surface area contributed by atoms with Crippen molar-refractivity contribution in [2.45, 2.75) is 13.3 Å². The van der Waals surface area contributed by atoms with Crippen LogP contribution in [-0.4, -0.2) is 15.4 Å². The largest absolute Gasteiger partial charge is 0.319 e. The molecule has 3 aromatic rings. The number of benzene rings is 2. The summed E-state index contributed by atoms with van der Waals surface area (Å²) in [5, 5.41) is 10.8. The number of amides is 1. The predicted octanol–water partition coefficient (Wildman–Crippen LogP) is 4.76. The monoisotopic (exact) mass is 419 g/mol. The van der Waals surface area contributed by atoms with E-state index >= 15 is 0 Å². The Morgan fingerprint density at radius 3 is 2.54 bits per heavy atom. The van der Waals surface area contributed by atoms with Gasteiger partial charge in [-0.25, -0.2) is 4.39 Å². The van der Waals surface area contributed by atoms with Gasteiger partial charge in [-0.05, 0) is 42.3 Å². The van der Waals surface area contributed by atoms with Crippen molar-refractivity contribution < 1.29 is 14.1 Å². The molecule has 0 atom stereocenters. The second-order valence-electron chi connectivity index (χ2n) is 5.91. The van der Waals surface area contributed by atoms with Crippen LogP contribution in [0.4, 0.5) is 10.1 Å². The molecule has 0 unspecified atom stereocenters. The Morgan fingerprint density at radius 2 is 1.96 bits per heavy atom. The number of aryl methyl sites for hydroxylation is 1. The average molecular weight is 420 g/mol. The number of non-ortho nitro benzene ring substituents is 1. The van der Waals surface area contributed by atoms with E-state index in [0.717, 1.165) is 22.2 Å². The van der Waals surface area contributed by atoms with Gasteiger partial charge in [-0.1, -0.05) is 18.5 Å². The summed E-state index contributed by atoms with van der Waals surface area (Å²) in [4.78, 5) is 28.4. The number of thiazole rings is 1. The van der Waals surface area contributed by atoms with Crippen LogP contribution < -0.4 is 4.80 Å². The van der Waals surface area contributed by atoms with Crippen molar-refractivity contribution in [3.05, 3.63) is 78.7 Å². The lowest BCUT2D eigenvalue weighted by atomic mass is 10.1. The molecule has 6 nitrogen and oxygen atoms in total. The van der Waals surface area contributed by atoms with Crippen LogP contribution in [0.1, 0.15) is 22.2 Å². The SMILES string of the molecule is CCc1sc(=NC(=O)c2ccc([N+](=O)[O-])cc2Cl)n(C)c1-c1ccc(F)cc1. The summed E-state index contributed by atoms with van der Waals surface area (Å²) in [6.07, 6.45) is 0.715. The lowest BCUT2D eigenvalue weighted by Crippen LogP contribution is -2.14. The van der Waals surface area contributed by atoms with Crippen LogP contribution in [0.2, 0.25) is 5.02 Å². The third-order valence-electron chi connectivity index (χ3n) is 4.13. The fourth-order valence-electron chi connectivity index (χ4n) is 2.75. The van der Waals surface area contributed by atoms with E-state index in [2.05, 4.69) is 4.99 Å². The molecule has 0 radical (unpaired) electrons. The van der Waals surface area contributed by atoms with Crippen molar-refractivity contribution in [2.24, 2.45) is 12.0 Å². The number of rotatable bonds is 4. The van der Waals surface area contributed by atoms with Gasteiger partial charge in [-0.3, -0.25) is 14.9 Å². The minimum atomic E-state index is -0.593. The fraction of sp³-hybridized carbons (Fsp3) is 0.158. The molecule has 0 aliphatic carbocycles. The number of nitro groups is 1. The van der Waals surface area contributed by atoms with E-state index in [1.165, 1.54) is 35.6 Å². The lowest BCUT2D eigenvalue weighted by molar-refractivity contribution is -0.384. The smallest absolute Gasteiger partial charge is 0.281 e. The summed E-state index contributed by atoms with van der Waals surface area (Å²) in [5.74, 6) is -0.919. The van der Waals surface area contributed by atoms with Crippen LogP contribution in [-0.2, 0) is 13.5 Å². The quantitative estimate of drug-likeness (QED) is 0.452. The highest BCUT2D eigenvalue weighted by Gasteiger charge is 2.17. The maximum Gasteiger partial charge on any atom is 0.281 e. The molecule has 2 aromatic carbocycles. The second kappa shape index (κ2) is 8.04. The maximum absolute atomic E-state index is 13.2. The number of carbonyl (C=O) groups excluding carboxylic acids is 1. The zero-order chi connectivity index (χ0) is 20.4. The molecule has 0 fully saturated rings. The molecular weight excluding hydrogens is 405 g/mol. The lowest BCUT2D eigenvalue weighted by Gasteiger charge is -2.05. The van der Waals surface area contributed by atoms with Gasteiger partial charge in [0.25, 0.3) is 11.6 Å². The topological polar surface area (TPSA) is 77.5 Å². The van der Waals surface area contributed by atoms with Gasteiger partial charge in [-0.2, -0.15) is 4.99 Å². The molecule has 1 aromatic heterocycles. The third kappa shape index (κ3) is 3.88. The molecule has 1 amide bonds. The molecule has 0 saturated carbocycles. The van der Waals surface area contributed by atoms with Gasteiger partial charge in [0.05, 0.1) is 21.2 Å². The standard InChI is InChI=1S/C19H15ClFN3O3S/c1-3-16-17(11-4-6-12(21)7-5-11)23(2)19(28-16)22-18(25)14-9-8-13(24(26)27)10-15(14)20/h4-10H,3H2,1-2H3. The Hall–Kier alpha value is -2.84. The Balaban J connectivity index is 2.06. The van der Waals surface area contributed by atoms with Gasteiger partial charge >= 0.3 is 0 Å². The van der Waals surface area contributed by atoms with E-state index < -0.39 is 10.8 Å². The van der Waals surface area contributed by atoms with Gasteiger partial charge in [0.2, 0.25) is 0 Å². The van der Waals surface area contributed by atoms with Crippen molar-refractivity contribution in [3.8, 4) is 11.3 Å². The molecule has 28 heavy (non-hydrogen) atoms. The molecule has 1 heterocycles. The molecule has 0 saturated heterocycles.